The van der Waals surface area contributed by atoms with E-state index in [1.54, 1.807) is 0 Å². The predicted octanol–water partition coefficient (Wildman–Crippen LogP) is 6.21. The van der Waals surface area contributed by atoms with E-state index in [4.69, 9.17) is 11.6 Å². The number of alkyl halides is 1. The summed E-state index contributed by atoms with van der Waals surface area (Å²) < 4.78 is 0. The first-order chi connectivity index (χ1) is 10.8. The van der Waals surface area contributed by atoms with Crippen LogP contribution in [0.15, 0.2) is 0 Å². The third-order valence-corrected chi connectivity index (χ3v) is 4.47. The van der Waals surface area contributed by atoms with Gasteiger partial charge in [-0.1, -0.05) is 96.8 Å². The van der Waals surface area contributed by atoms with Gasteiger partial charge in [0, 0.05) is 6.54 Å². The van der Waals surface area contributed by atoms with Crippen LogP contribution in [0.4, 0.5) is 0 Å². The van der Waals surface area contributed by atoms with Crippen molar-refractivity contribution in [2.24, 2.45) is 0 Å². The molecule has 0 fully saturated rings. The number of halogens is 1. The van der Waals surface area contributed by atoms with E-state index in [-0.39, 0.29) is 11.8 Å². The van der Waals surface area contributed by atoms with Crippen LogP contribution in [-0.2, 0) is 4.79 Å². The monoisotopic (exact) mass is 331 g/mol. The average Bonchev–Trinajstić information content (AvgIpc) is 2.54. The molecule has 22 heavy (non-hydrogen) atoms. The molecule has 1 N–H and O–H groups in total. The van der Waals surface area contributed by atoms with Gasteiger partial charge in [0.25, 0.3) is 0 Å². The Balaban J connectivity index is 2.98. The Bertz CT molecular complexity index is 233. The fraction of sp³-hybridized carbons (Fsp3) is 0.947. The molecule has 0 rings (SSSR count). The molecule has 0 spiro atoms. The third kappa shape index (κ3) is 17.8. The molecule has 0 aromatic heterocycles. The zero-order valence-electron chi connectivity index (χ0n) is 14.8. The molecule has 132 valence electrons. The minimum absolute atomic E-state index is 0.0490. The van der Waals surface area contributed by atoms with Gasteiger partial charge in [-0.25, -0.2) is 0 Å². The second kappa shape index (κ2) is 18.8. The van der Waals surface area contributed by atoms with Crippen molar-refractivity contribution < 1.29 is 4.79 Å². The first-order valence-corrected chi connectivity index (χ1v) is 10.2. The summed E-state index contributed by atoms with van der Waals surface area (Å²) in [6.45, 7) is 3.06. The van der Waals surface area contributed by atoms with E-state index in [0.717, 1.165) is 13.0 Å². The SMILES string of the molecule is CCCCCCCCCCCCCCCCCNC(=O)CCl. The molecule has 0 saturated heterocycles. The van der Waals surface area contributed by atoms with Crippen LogP contribution in [0.1, 0.15) is 103 Å². The smallest absolute Gasteiger partial charge is 0.234 e. The highest BCUT2D eigenvalue weighted by atomic mass is 35.5. The summed E-state index contributed by atoms with van der Waals surface area (Å²) in [7, 11) is 0. The second-order valence-corrected chi connectivity index (χ2v) is 6.70. The van der Waals surface area contributed by atoms with Crippen LogP contribution in [0, 0.1) is 0 Å². The van der Waals surface area contributed by atoms with E-state index in [2.05, 4.69) is 12.2 Å². The van der Waals surface area contributed by atoms with Crippen molar-refractivity contribution in [2.45, 2.75) is 103 Å². The molecule has 0 radical (unpaired) electrons. The fourth-order valence-corrected chi connectivity index (χ4v) is 2.87. The number of hydrogen-bond acceptors (Lipinski definition) is 1. The van der Waals surface area contributed by atoms with Crippen LogP contribution in [0.25, 0.3) is 0 Å². The number of unbranched alkanes of at least 4 members (excludes halogenated alkanes) is 14. The molecule has 0 saturated carbocycles. The summed E-state index contributed by atoms with van der Waals surface area (Å²) in [5, 5.41) is 2.81. The highest BCUT2D eigenvalue weighted by Gasteiger charge is 1.97. The average molecular weight is 332 g/mol. The Morgan fingerprint density at radius 3 is 1.41 bits per heavy atom. The van der Waals surface area contributed by atoms with Crippen LogP contribution < -0.4 is 5.32 Å². The van der Waals surface area contributed by atoms with Gasteiger partial charge in [-0.05, 0) is 6.42 Å². The van der Waals surface area contributed by atoms with Gasteiger partial charge in [0.15, 0.2) is 0 Å². The van der Waals surface area contributed by atoms with E-state index in [1.807, 2.05) is 0 Å². The Kier molecular flexibility index (Phi) is 18.6. The lowest BCUT2D eigenvalue weighted by molar-refractivity contribution is -0.118. The van der Waals surface area contributed by atoms with Crippen molar-refractivity contribution in [3.63, 3.8) is 0 Å². The van der Waals surface area contributed by atoms with Crippen LogP contribution >= 0.6 is 11.6 Å². The van der Waals surface area contributed by atoms with Gasteiger partial charge < -0.3 is 5.32 Å². The predicted molar refractivity (Wildman–Crippen MR) is 98.7 cm³/mol. The van der Waals surface area contributed by atoms with Crippen molar-refractivity contribution >= 4 is 17.5 Å². The maximum absolute atomic E-state index is 10.9. The number of hydrogen-bond donors (Lipinski definition) is 1. The van der Waals surface area contributed by atoms with Gasteiger partial charge in [0.2, 0.25) is 5.91 Å². The van der Waals surface area contributed by atoms with Gasteiger partial charge in [-0.3, -0.25) is 4.79 Å². The molecular weight excluding hydrogens is 294 g/mol. The van der Waals surface area contributed by atoms with E-state index in [0.29, 0.717) is 0 Å². The summed E-state index contributed by atoms with van der Waals surface area (Å²) in [5.41, 5.74) is 0. The fourth-order valence-electron chi connectivity index (χ4n) is 2.77. The van der Waals surface area contributed by atoms with Crippen molar-refractivity contribution in [3.05, 3.63) is 0 Å². The second-order valence-electron chi connectivity index (χ2n) is 6.43. The first kappa shape index (κ1) is 21.8. The molecular formula is C19H38ClNO. The summed E-state index contributed by atoms with van der Waals surface area (Å²) in [6.07, 6.45) is 20.6. The number of amides is 1. The van der Waals surface area contributed by atoms with Gasteiger partial charge in [0.1, 0.15) is 5.88 Å². The van der Waals surface area contributed by atoms with Crippen LogP contribution in [0.5, 0.6) is 0 Å². The summed E-state index contributed by atoms with van der Waals surface area (Å²) in [4.78, 5) is 10.9. The topological polar surface area (TPSA) is 29.1 Å². The van der Waals surface area contributed by atoms with E-state index < -0.39 is 0 Å². The molecule has 0 heterocycles. The minimum Gasteiger partial charge on any atom is -0.355 e. The number of nitrogens with one attached hydrogen (secondary N) is 1. The molecule has 0 atom stereocenters. The molecule has 0 unspecified atom stereocenters. The van der Waals surface area contributed by atoms with E-state index >= 15 is 0 Å². The van der Waals surface area contributed by atoms with Crippen LogP contribution in [0.2, 0.25) is 0 Å². The van der Waals surface area contributed by atoms with Gasteiger partial charge in [-0.15, -0.1) is 11.6 Å². The third-order valence-electron chi connectivity index (χ3n) is 4.22. The lowest BCUT2D eigenvalue weighted by Crippen LogP contribution is -2.25. The highest BCUT2D eigenvalue weighted by Crippen LogP contribution is 2.13. The van der Waals surface area contributed by atoms with E-state index in [1.165, 1.54) is 89.9 Å². The normalized spacial score (nSPS) is 10.8. The highest BCUT2D eigenvalue weighted by molar-refractivity contribution is 6.27. The van der Waals surface area contributed by atoms with Crippen molar-refractivity contribution in [3.8, 4) is 0 Å². The lowest BCUT2D eigenvalue weighted by Gasteiger charge is -2.04. The van der Waals surface area contributed by atoms with Gasteiger partial charge >= 0.3 is 0 Å². The van der Waals surface area contributed by atoms with Crippen molar-refractivity contribution in [2.75, 3.05) is 12.4 Å². The number of carbonyl (C=O) groups excluding carboxylic acids is 1. The van der Waals surface area contributed by atoms with E-state index in [9.17, 15) is 4.79 Å². The standard InChI is InChI=1S/C19H38ClNO/c1-2-3-4-5-6-7-8-9-10-11-12-13-14-15-16-17-21-19(22)18-20/h2-18H2,1H3,(H,21,22). The first-order valence-electron chi connectivity index (χ1n) is 9.64. The molecule has 2 nitrogen and oxygen atoms in total. The Morgan fingerprint density at radius 2 is 1.05 bits per heavy atom. The Morgan fingerprint density at radius 1 is 0.682 bits per heavy atom. The zero-order valence-corrected chi connectivity index (χ0v) is 15.6. The molecule has 0 aromatic carbocycles. The Hall–Kier alpha value is -0.240. The summed E-state index contributed by atoms with van der Waals surface area (Å²) >= 11 is 5.41. The Labute approximate surface area is 143 Å². The quantitative estimate of drug-likeness (QED) is 0.249. The minimum atomic E-state index is -0.0490. The van der Waals surface area contributed by atoms with Crippen molar-refractivity contribution in [1.29, 1.82) is 0 Å². The molecule has 0 aliphatic heterocycles. The molecule has 0 aliphatic carbocycles. The van der Waals surface area contributed by atoms with Crippen molar-refractivity contribution in [1.82, 2.24) is 5.32 Å². The largest absolute Gasteiger partial charge is 0.355 e. The molecule has 3 heteroatoms. The maximum atomic E-state index is 10.9. The number of rotatable bonds is 17. The molecule has 0 aromatic rings. The number of carbonyl (C=O) groups is 1. The molecule has 0 aliphatic rings. The van der Waals surface area contributed by atoms with Crippen LogP contribution in [0.3, 0.4) is 0 Å². The summed E-state index contributed by atoms with van der Waals surface area (Å²) in [5.74, 6) is 0.0330. The molecule has 1 amide bonds. The van der Waals surface area contributed by atoms with Gasteiger partial charge in [-0.2, -0.15) is 0 Å². The molecule has 0 bridgehead atoms. The summed E-state index contributed by atoms with van der Waals surface area (Å²) in [6, 6.07) is 0. The van der Waals surface area contributed by atoms with Gasteiger partial charge in [0.05, 0.1) is 0 Å². The maximum Gasteiger partial charge on any atom is 0.234 e. The van der Waals surface area contributed by atoms with Crippen LogP contribution in [-0.4, -0.2) is 18.3 Å². The lowest BCUT2D eigenvalue weighted by atomic mass is 10.0. The zero-order chi connectivity index (χ0) is 16.3.